The Morgan fingerprint density at radius 1 is 1.27 bits per heavy atom. The Hall–Kier alpha value is -2.28. The van der Waals surface area contributed by atoms with Crippen molar-refractivity contribution < 1.29 is 9.32 Å². The third-order valence-electron chi connectivity index (χ3n) is 3.72. The Labute approximate surface area is 128 Å². The van der Waals surface area contributed by atoms with Gasteiger partial charge < -0.3 is 9.42 Å². The Kier molecular flexibility index (Phi) is 4.43. The number of aryl methyl sites for hydroxylation is 1. The van der Waals surface area contributed by atoms with E-state index in [2.05, 4.69) is 20.0 Å². The number of hydrogen-bond acceptors (Lipinski definition) is 6. The van der Waals surface area contributed by atoms with Gasteiger partial charge in [-0.05, 0) is 12.1 Å². The Morgan fingerprint density at radius 2 is 2.09 bits per heavy atom. The van der Waals surface area contributed by atoms with Crippen molar-refractivity contribution in [3.05, 3.63) is 41.8 Å². The Morgan fingerprint density at radius 3 is 2.73 bits per heavy atom. The van der Waals surface area contributed by atoms with Crippen LogP contribution in [0.3, 0.4) is 0 Å². The third kappa shape index (κ3) is 3.67. The molecule has 7 nitrogen and oxygen atoms in total. The molecule has 0 unspecified atom stereocenters. The zero-order valence-electron chi connectivity index (χ0n) is 12.6. The number of carbonyl (C=O) groups excluding carboxylic acids is 1. The van der Waals surface area contributed by atoms with E-state index in [4.69, 9.17) is 4.52 Å². The van der Waals surface area contributed by atoms with E-state index >= 15 is 0 Å². The molecule has 2 aromatic heterocycles. The second-order valence-corrected chi connectivity index (χ2v) is 5.38. The normalized spacial score (nSPS) is 16.0. The summed E-state index contributed by atoms with van der Waals surface area (Å²) in [5.74, 6) is 1.42. The van der Waals surface area contributed by atoms with Gasteiger partial charge in [0.05, 0.1) is 13.0 Å². The van der Waals surface area contributed by atoms with Crippen molar-refractivity contribution >= 4 is 5.91 Å². The molecule has 3 rings (SSSR count). The highest BCUT2D eigenvalue weighted by atomic mass is 16.5. The number of nitrogens with zero attached hydrogens (tertiary/aromatic N) is 5. The zero-order valence-corrected chi connectivity index (χ0v) is 12.6. The number of piperazine rings is 1. The number of aromatic nitrogens is 3. The molecule has 0 spiro atoms. The molecule has 2 aromatic rings. The van der Waals surface area contributed by atoms with E-state index in [1.807, 2.05) is 23.1 Å². The van der Waals surface area contributed by atoms with Crippen molar-refractivity contribution in [3.8, 4) is 0 Å². The molecule has 0 bridgehead atoms. The van der Waals surface area contributed by atoms with Crippen molar-refractivity contribution in [3.63, 3.8) is 0 Å². The van der Waals surface area contributed by atoms with Crippen LogP contribution in [0.5, 0.6) is 0 Å². The van der Waals surface area contributed by atoms with Gasteiger partial charge in [0, 0.05) is 45.0 Å². The quantitative estimate of drug-likeness (QED) is 0.826. The van der Waals surface area contributed by atoms with Gasteiger partial charge in [0.25, 0.3) is 0 Å². The lowest BCUT2D eigenvalue weighted by atomic mass is 10.2. The van der Waals surface area contributed by atoms with Gasteiger partial charge in [0.15, 0.2) is 5.82 Å². The maximum Gasteiger partial charge on any atom is 0.228 e. The van der Waals surface area contributed by atoms with Crippen molar-refractivity contribution in [1.29, 1.82) is 0 Å². The van der Waals surface area contributed by atoms with Crippen LogP contribution in [0.25, 0.3) is 0 Å². The molecule has 22 heavy (non-hydrogen) atoms. The molecule has 0 aromatic carbocycles. The van der Waals surface area contributed by atoms with Crippen molar-refractivity contribution in [2.45, 2.75) is 19.9 Å². The minimum atomic E-state index is 0.133. The number of hydrogen-bond donors (Lipinski definition) is 0. The molecular weight excluding hydrogens is 282 g/mol. The van der Waals surface area contributed by atoms with E-state index in [1.54, 1.807) is 13.1 Å². The summed E-state index contributed by atoms with van der Waals surface area (Å²) in [5, 5.41) is 3.90. The van der Waals surface area contributed by atoms with Crippen LogP contribution in [0.4, 0.5) is 0 Å². The van der Waals surface area contributed by atoms with E-state index in [1.165, 1.54) is 0 Å². The highest BCUT2D eigenvalue weighted by Crippen LogP contribution is 2.08. The molecule has 116 valence electrons. The highest BCUT2D eigenvalue weighted by Gasteiger charge is 2.22. The molecule has 0 saturated carbocycles. The predicted molar refractivity (Wildman–Crippen MR) is 78.8 cm³/mol. The standard InChI is InChI=1S/C15H19N5O2/c1-12-17-14(18-22-12)11-19-6-8-20(9-7-19)15(21)10-13-4-2-3-5-16-13/h2-5H,6-11H2,1H3. The summed E-state index contributed by atoms with van der Waals surface area (Å²) in [6.45, 7) is 5.54. The average Bonchev–Trinajstić information content (AvgIpc) is 2.94. The van der Waals surface area contributed by atoms with E-state index in [9.17, 15) is 4.79 Å². The first-order valence-corrected chi connectivity index (χ1v) is 7.40. The Balaban J connectivity index is 1.48. The Bertz CT molecular complexity index is 620. The molecule has 0 aliphatic carbocycles. The molecular formula is C15H19N5O2. The van der Waals surface area contributed by atoms with Crippen LogP contribution in [-0.4, -0.2) is 57.0 Å². The summed E-state index contributed by atoms with van der Waals surface area (Å²) in [7, 11) is 0. The van der Waals surface area contributed by atoms with Crippen LogP contribution in [0.1, 0.15) is 17.4 Å². The second-order valence-electron chi connectivity index (χ2n) is 5.38. The van der Waals surface area contributed by atoms with Crippen molar-refractivity contribution in [2.24, 2.45) is 0 Å². The first-order chi connectivity index (χ1) is 10.7. The first kappa shape index (κ1) is 14.6. The van der Waals surface area contributed by atoms with Gasteiger partial charge in [-0.2, -0.15) is 4.98 Å². The highest BCUT2D eigenvalue weighted by molar-refractivity contribution is 5.78. The van der Waals surface area contributed by atoms with Gasteiger partial charge in [0.1, 0.15) is 0 Å². The predicted octanol–water partition coefficient (Wildman–Crippen LogP) is 0.660. The summed E-state index contributed by atoms with van der Waals surface area (Å²) in [6.07, 6.45) is 2.08. The lowest BCUT2D eigenvalue weighted by Crippen LogP contribution is -2.48. The molecule has 1 fully saturated rings. The minimum Gasteiger partial charge on any atom is -0.340 e. The van der Waals surface area contributed by atoms with Gasteiger partial charge in [-0.25, -0.2) is 0 Å². The molecule has 3 heterocycles. The van der Waals surface area contributed by atoms with Crippen molar-refractivity contribution in [2.75, 3.05) is 26.2 Å². The maximum absolute atomic E-state index is 12.3. The smallest absolute Gasteiger partial charge is 0.228 e. The molecule has 1 saturated heterocycles. The number of pyridine rings is 1. The monoisotopic (exact) mass is 301 g/mol. The third-order valence-corrected chi connectivity index (χ3v) is 3.72. The largest absolute Gasteiger partial charge is 0.340 e. The number of carbonyl (C=O) groups is 1. The van der Waals surface area contributed by atoms with Gasteiger partial charge >= 0.3 is 0 Å². The minimum absolute atomic E-state index is 0.133. The van der Waals surface area contributed by atoms with Crippen LogP contribution in [0.15, 0.2) is 28.9 Å². The van der Waals surface area contributed by atoms with Gasteiger partial charge in [-0.3, -0.25) is 14.7 Å². The van der Waals surface area contributed by atoms with Gasteiger partial charge in [0.2, 0.25) is 11.8 Å². The second kappa shape index (κ2) is 6.65. The molecule has 1 amide bonds. The first-order valence-electron chi connectivity index (χ1n) is 7.40. The molecule has 0 atom stereocenters. The van der Waals surface area contributed by atoms with E-state index < -0.39 is 0 Å². The summed E-state index contributed by atoms with van der Waals surface area (Å²) in [4.78, 5) is 24.8. The number of rotatable bonds is 4. The number of amides is 1. The fourth-order valence-corrected chi connectivity index (χ4v) is 2.53. The molecule has 1 aliphatic rings. The van der Waals surface area contributed by atoms with Gasteiger partial charge in [-0.15, -0.1) is 0 Å². The van der Waals surface area contributed by atoms with E-state index in [-0.39, 0.29) is 5.91 Å². The lowest BCUT2D eigenvalue weighted by molar-refractivity contribution is -0.132. The summed E-state index contributed by atoms with van der Waals surface area (Å²) in [5.41, 5.74) is 0.817. The summed E-state index contributed by atoms with van der Waals surface area (Å²) >= 11 is 0. The molecule has 0 radical (unpaired) electrons. The lowest BCUT2D eigenvalue weighted by Gasteiger charge is -2.34. The fourth-order valence-electron chi connectivity index (χ4n) is 2.53. The molecule has 0 N–H and O–H groups in total. The summed E-state index contributed by atoms with van der Waals surface area (Å²) < 4.78 is 4.97. The van der Waals surface area contributed by atoms with Crippen LogP contribution < -0.4 is 0 Å². The zero-order chi connectivity index (χ0) is 15.4. The van der Waals surface area contributed by atoms with E-state index in [0.717, 1.165) is 31.9 Å². The van der Waals surface area contributed by atoms with Crippen LogP contribution in [0, 0.1) is 6.92 Å². The van der Waals surface area contributed by atoms with E-state index in [0.29, 0.717) is 24.7 Å². The topological polar surface area (TPSA) is 75.4 Å². The fraction of sp³-hybridized carbons (Fsp3) is 0.467. The summed E-state index contributed by atoms with van der Waals surface area (Å²) in [6, 6.07) is 5.64. The van der Waals surface area contributed by atoms with Crippen LogP contribution >= 0.6 is 0 Å². The SMILES string of the molecule is Cc1nc(CN2CCN(C(=O)Cc3ccccn3)CC2)no1. The van der Waals surface area contributed by atoms with Crippen molar-refractivity contribution in [1.82, 2.24) is 24.9 Å². The average molecular weight is 301 g/mol. The molecule has 7 heteroatoms. The van der Waals surface area contributed by atoms with Crippen LogP contribution in [0.2, 0.25) is 0 Å². The van der Waals surface area contributed by atoms with Crippen LogP contribution in [-0.2, 0) is 17.8 Å². The maximum atomic E-state index is 12.3. The molecule has 1 aliphatic heterocycles. The van der Waals surface area contributed by atoms with Gasteiger partial charge in [-0.1, -0.05) is 11.2 Å².